The van der Waals surface area contributed by atoms with E-state index in [-0.39, 0.29) is 18.9 Å². The van der Waals surface area contributed by atoms with Crippen LogP contribution in [-0.2, 0) is 11.3 Å². The molecule has 21 heavy (non-hydrogen) atoms. The summed E-state index contributed by atoms with van der Waals surface area (Å²) in [5.41, 5.74) is 6.26. The Kier molecular flexibility index (Phi) is 4.69. The van der Waals surface area contributed by atoms with Gasteiger partial charge in [-0.15, -0.1) is 0 Å². The average Bonchev–Trinajstić information content (AvgIpc) is 2.77. The predicted octanol–water partition coefficient (Wildman–Crippen LogP) is 0.514. The van der Waals surface area contributed by atoms with Gasteiger partial charge >= 0.3 is 5.76 Å². The number of hydrogen-bond acceptors (Lipinski definition) is 5. The number of rotatable bonds is 6. The van der Waals surface area contributed by atoms with Gasteiger partial charge in [-0.25, -0.2) is 9.78 Å². The number of hydrogen-bond donors (Lipinski definition) is 1. The number of amides is 1. The minimum Gasteiger partial charge on any atom is -0.406 e. The fourth-order valence-electron chi connectivity index (χ4n) is 1.90. The lowest BCUT2D eigenvalue weighted by atomic mass is 10.3. The number of thiocarbonyl (C=S) groups is 1. The number of aryl methyl sites for hydroxylation is 1. The number of aromatic nitrogens is 2. The van der Waals surface area contributed by atoms with Crippen LogP contribution in [0, 0.1) is 0 Å². The summed E-state index contributed by atoms with van der Waals surface area (Å²) >= 11 is 4.77. The van der Waals surface area contributed by atoms with Gasteiger partial charge in [0, 0.05) is 39.2 Å². The van der Waals surface area contributed by atoms with E-state index in [2.05, 4.69) is 4.98 Å². The molecule has 2 N–H and O–H groups in total. The molecule has 0 spiro atoms. The zero-order valence-corrected chi connectivity index (χ0v) is 12.4. The number of pyridine rings is 1. The molecule has 0 bridgehead atoms. The summed E-state index contributed by atoms with van der Waals surface area (Å²) in [5, 5.41) is 0. The van der Waals surface area contributed by atoms with Gasteiger partial charge in [0.15, 0.2) is 11.2 Å². The summed E-state index contributed by atoms with van der Waals surface area (Å²) in [5.74, 6) is -0.606. The Hall–Kier alpha value is -2.22. The Morgan fingerprint density at radius 3 is 3.00 bits per heavy atom. The lowest BCUT2D eigenvalue weighted by Crippen LogP contribution is -2.31. The number of carbonyl (C=O) groups excluding carboxylic acids is 1. The molecule has 0 unspecified atom stereocenters. The first-order valence-corrected chi connectivity index (χ1v) is 6.86. The molecule has 0 aliphatic rings. The molecule has 0 atom stereocenters. The van der Waals surface area contributed by atoms with Crippen LogP contribution in [0.15, 0.2) is 27.5 Å². The molecule has 112 valence electrons. The van der Waals surface area contributed by atoms with Gasteiger partial charge in [0.25, 0.3) is 0 Å². The number of nitrogens with zero attached hydrogens (tertiary/aromatic N) is 3. The minimum atomic E-state index is -0.512. The van der Waals surface area contributed by atoms with Crippen molar-refractivity contribution in [3.8, 4) is 0 Å². The van der Waals surface area contributed by atoms with Crippen molar-refractivity contribution >= 4 is 34.3 Å². The van der Waals surface area contributed by atoms with Crippen molar-refractivity contribution in [2.45, 2.75) is 19.4 Å². The first kappa shape index (κ1) is 15.2. The molecular formula is C13H16N4O3S. The molecule has 2 aromatic rings. The molecule has 0 fully saturated rings. The van der Waals surface area contributed by atoms with Crippen LogP contribution >= 0.6 is 12.2 Å². The third-order valence-electron chi connectivity index (χ3n) is 3.09. The first-order valence-electron chi connectivity index (χ1n) is 6.45. The Labute approximate surface area is 126 Å². The van der Waals surface area contributed by atoms with E-state index in [0.29, 0.717) is 29.2 Å². The van der Waals surface area contributed by atoms with E-state index < -0.39 is 5.76 Å². The molecule has 2 rings (SSSR count). The summed E-state index contributed by atoms with van der Waals surface area (Å²) in [6, 6.07) is 3.35. The van der Waals surface area contributed by atoms with Gasteiger partial charge in [-0.1, -0.05) is 12.2 Å². The van der Waals surface area contributed by atoms with Crippen LogP contribution < -0.4 is 11.5 Å². The molecule has 7 nitrogen and oxygen atoms in total. The summed E-state index contributed by atoms with van der Waals surface area (Å²) in [7, 11) is 1.68. The van der Waals surface area contributed by atoms with Gasteiger partial charge < -0.3 is 15.1 Å². The smallest absolute Gasteiger partial charge is 0.406 e. The Balaban J connectivity index is 2.01. The fraction of sp³-hybridized carbons (Fsp3) is 0.385. The number of oxazole rings is 1. The van der Waals surface area contributed by atoms with E-state index in [0.717, 1.165) is 0 Å². The molecule has 1 amide bonds. The molecule has 8 heteroatoms. The van der Waals surface area contributed by atoms with Crippen LogP contribution in [0.1, 0.15) is 12.8 Å². The second-order valence-corrected chi connectivity index (χ2v) is 5.15. The second-order valence-electron chi connectivity index (χ2n) is 4.63. The molecule has 2 heterocycles. The van der Waals surface area contributed by atoms with Gasteiger partial charge in [0.2, 0.25) is 5.91 Å². The highest BCUT2D eigenvalue weighted by atomic mass is 32.1. The molecule has 0 aliphatic heterocycles. The lowest BCUT2D eigenvalue weighted by Gasteiger charge is -2.16. The molecule has 0 saturated heterocycles. The molecule has 2 aromatic heterocycles. The largest absolute Gasteiger partial charge is 0.421 e. The van der Waals surface area contributed by atoms with Crippen LogP contribution in [0.5, 0.6) is 0 Å². The second kappa shape index (κ2) is 6.49. The van der Waals surface area contributed by atoms with Crippen molar-refractivity contribution < 1.29 is 9.21 Å². The summed E-state index contributed by atoms with van der Waals surface area (Å²) in [6.45, 7) is 0.687. The van der Waals surface area contributed by atoms with Gasteiger partial charge in [0.05, 0.1) is 4.99 Å². The molecular weight excluding hydrogens is 292 g/mol. The molecule has 0 saturated carbocycles. The SMILES string of the molecule is CN(CCC(N)=S)C(=O)CCn1c(=O)oc2cccnc21. The Bertz CT molecular complexity index is 722. The first-order chi connectivity index (χ1) is 9.99. The zero-order chi connectivity index (χ0) is 15.4. The van der Waals surface area contributed by atoms with Crippen LogP contribution in [0.4, 0.5) is 0 Å². The van der Waals surface area contributed by atoms with Crippen LogP contribution in [0.3, 0.4) is 0 Å². The highest BCUT2D eigenvalue weighted by Gasteiger charge is 2.13. The third-order valence-corrected chi connectivity index (χ3v) is 3.30. The number of fused-ring (bicyclic) bond motifs is 1. The van der Waals surface area contributed by atoms with E-state index in [1.165, 1.54) is 4.57 Å². The predicted molar refractivity (Wildman–Crippen MR) is 81.9 cm³/mol. The van der Waals surface area contributed by atoms with Gasteiger partial charge in [0.1, 0.15) is 0 Å². The number of carbonyl (C=O) groups is 1. The van der Waals surface area contributed by atoms with E-state index in [1.54, 1.807) is 30.3 Å². The summed E-state index contributed by atoms with van der Waals surface area (Å²) in [4.78, 5) is 29.7. The highest BCUT2D eigenvalue weighted by Crippen LogP contribution is 2.09. The standard InChI is InChI=1S/C13H16N4O3S/c1-16(7-4-10(14)21)11(18)5-8-17-12-9(20-13(17)19)3-2-6-15-12/h2-3,6H,4-5,7-8H2,1H3,(H2,14,21). The van der Waals surface area contributed by atoms with Crippen molar-refractivity contribution in [2.24, 2.45) is 5.73 Å². The Morgan fingerprint density at radius 2 is 2.29 bits per heavy atom. The van der Waals surface area contributed by atoms with Crippen molar-refractivity contribution in [1.29, 1.82) is 0 Å². The molecule has 0 radical (unpaired) electrons. The van der Waals surface area contributed by atoms with Crippen molar-refractivity contribution in [3.05, 3.63) is 28.9 Å². The maximum Gasteiger partial charge on any atom is 0.421 e. The van der Waals surface area contributed by atoms with Gasteiger partial charge in [-0.3, -0.25) is 9.36 Å². The van der Waals surface area contributed by atoms with Crippen molar-refractivity contribution in [2.75, 3.05) is 13.6 Å². The molecule has 0 aliphatic carbocycles. The molecule has 0 aromatic carbocycles. The van der Waals surface area contributed by atoms with Crippen molar-refractivity contribution in [3.63, 3.8) is 0 Å². The van der Waals surface area contributed by atoms with Crippen LogP contribution in [0.25, 0.3) is 11.2 Å². The van der Waals surface area contributed by atoms with E-state index in [1.807, 2.05) is 0 Å². The topological polar surface area (TPSA) is 94.4 Å². The zero-order valence-electron chi connectivity index (χ0n) is 11.6. The fourth-order valence-corrected chi connectivity index (χ4v) is 1.99. The quantitative estimate of drug-likeness (QED) is 0.782. The third kappa shape index (κ3) is 3.66. The van der Waals surface area contributed by atoms with Crippen LogP contribution in [0.2, 0.25) is 0 Å². The van der Waals surface area contributed by atoms with E-state index >= 15 is 0 Å². The summed E-state index contributed by atoms with van der Waals surface area (Å²) < 4.78 is 6.41. The average molecular weight is 308 g/mol. The van der Waals surface area contributed by atoms with Gasteiger partial charge in [-0.2, -0.15) is 0 Å². The van der Waals surface area contributed by atoms with Gasteiger partial charge in [-0.05, 0) is 12.1 Å². The monoisotopic (exact) mass is 308 g/mol. The van der Waals surface area contributed by atoms with Crippen LogP contribution in [-0.4, -0.2) is 38.9 Å². The Morgan fingerprint density at radius 1 is 1.52 bits per heavy atom. The lowest BCUT2D eigenvalue weighted by molar-refractivity contribution is -0.130. The van der Waals surface area contributed by atoms with E-state index in [9.17, 15) is 9.59 Å². The minimum absolute atomic E-state index is 0.0940. The maximum atomic E-state index is 12.0. The highest BCUT2D eigenvalue weighted by molar-refractivity contribution is 7.80. The number of nitrogens with two attached hydrogens (primary N) is 1. The normalized spacial score (nSPS) is 10.7. The maximum absolute atomic E-state index is 12.0. The van der Waals surface area contributed by atoms with E-state index in [4.69, 9.17) is 22.4 Å². The van der Waals surface area contributed by atoms with Crippen molar-refractivity contribution in [1.82, 2.24) is 14.5 Å². The summed E-state index contributed by atoms with van der Waals surface area (Å²) in [6.07, 6.45) is 2.23.